The largest absolute Gasteiger partial charge is 0.395 e. The summed E-state index contributed by atoms with van der Waals surface area (Å²) in [6.07, 6.45) is 2.63. The van der Waals surface area contributed by atoms with Crippen molar-refractivity contribution in [2.75, 3.05) is 31.6 Å². The lowest BCUT2D eigenvalue weighted by Gasteiger charge is -2.21. The van der Waals surface area contributed by atoms with Crippen molar-refractivity contribution in [1.82, 2.24) is 9.88 Å². The van der Waals surface area contributed by atoms with Crippen molar-refractivity contribution in [2.24, 2.45) is 0 Å². The number of aliphatic hydroxyl groups excluding tert-OH is 1. The number of likely N-dealkylation sites (N-methyl/N-ethyl adjacent to an activating group) is 1. The molecule has 0 radical (unpaired) electrons. The summed E-state index contributed by atoms with van der Waals surface area (Å²) in [5.74, 6) is 0.513. The Morgan fingerprint density at radius 3 is 2.89 bits per heavy atom. The molecule has 0 aliphatic carbocycles. The Labute approximate surface area is 108 Å². The molecule has 1 aromatic rings. The maximum absolute atomic E-state index is 12.3. The maximum atomic E-state index is 12.3. The molecule has 100 valence electrons. The van der Waals surface area contributed by atoms with E-state index < -0.39 is 0 Å². The van der Waals surface area contributed by atoms with Gasteiger partial charge in [0.25, 0.3) is 5.91 Å². The van der Waals surface area contributed by atoms with Crippen LogP contribution in [0.1, 0.15) is 30.6 Å². The highest BCUT2D eigenvalue weighted by Gasteiger charge is 2.17. The average Bonchev–Trinajstić information content (AvgIpc) is 2.42. The molecule has 0 aromatic carbocycles. The molecule has 0 fully saturated rings. The summed E-state index contributed by atoms with van der Waals surface area (Å²) in [5.41, 5.74) is 0.557. The van der Waals surface area contributed by atoms with Gasteiger partial charge in [-0.15, -0.1) is 0 Å². The van der Waals surface area contributed by atoms with Crippen molar-refractivity contribution < 1.29 is 9.90 Å². The van der Waals surface area contributed by atoms with Gasteiger partial charge in [-0.3, -0.25) is 4.79 Å². The van der Waals surface area contributed by atoms with E-state index in [9.17, 15) is 4.79 Å². The smallest absolute Gasteiger partial charge is 0.257 e. The molecule has 0 saturated heterocycles. The van der Waals surface area contributed by atoms with Crippen LogP contribution in [0, 0.1) is 0 Å². The van der Waals surface area contributed by atoms with Gasteiger partial charge >= 0.3 is 0 Å². The summed E-state index contributed by atoms with van der Waals surface area (Å²) in [7, 11) is 0. The van der Waals surface area contributed by atoms with E-state index in [0.29, 0.717) is 24.5 Å². The molecule has 5 nitrogen and oxygen atoms in total. The molecule has 1 amide bonds. The maximum Gasteiger partial charge on any atom is 0.257 e. The third-order valence-electron chi connectivity index (χ3n) is 2.62. The minimum Gasteiger partial charge on any atom is -0.395 e. The highest BCUT2D eigenvalue weighted by atomic mass is 16.3. The third-order valence-corrected chi connectivity index (χ3v) is 2.62. The average molecular weight is 251 g/mol. The fourth-order valence-electron chi connectivity index (χ4n) is 1.66. The Hall–Kier alpha value is -1.62. The molecule has 0 bridgehead atoms. The fourth-order valence-corrected chi connectivity index (χ4v) is 1.66. The van der Waals surface area contributed by atoms with Crippen LogP contribution >= 0.6 is 0 Å². The van der Waals surface area contributed by atoms with Gasteiger partial charge in [-0.1, -0.05) is 6.92 Å². The topological polar surface area (TPSA) is 65.5 Å². The highest BCUT2D eigenvalue weighted by Crippen LogP contribution is 2.14. The van der Waals surface area contributed by atoms with Crippen LogP contribution in [0.15, 0.2) is 18.3 Å². The number of pyridine rings is 1. The van der Waals surface area contributed by atoms with Crippen LogP contribution in [-0.2, 0) is 0 Å². The first kappa shape index (κ1) is 14.4. The van der Waals surface area contributed by atoms with Gasteiger partial charge in [-0.25, -0.2) is 4.98 Å². The van der Waals surface area contributed by atoms with Crippen LogP contribution in [0.25, 0.3) is 0 Å². The molecule has 0 unspecified atom stereocenters. The van der Waals surface area contributed by atoms with E-state index in [4.69, 9.17) is 5.11 Å². The zero-order valence-electron chi connectivity index (χ0n) is 11.0. The summed E-state index contributed by atoms with van der Waals surface area (Å²) < 4.78 is 0. The van der Waals surface area contributed by atoms with Gasteiger partial charge in [-0.2, -0.15) is 0 Å². The summed E-state index contributed by atoms with van der Waals surface area (Å²) in [6.45, 7) is 5.62. The lowest BCUT2D eigenvalue weighted by molar-refractivity contribution is 0.0732. The van der Waals surface area contributed by atoms with Crippen LogP contribution in [0.3, 0.4) is 0 Å². The lowest BCUT2D eigenvalue weighted by Crippen LogP contribution is -2.34. The number of hydrogen-bond acceptors (Lipinski definition) is 4. The quantitative estimate of drug-likeness (QED) is 0.768. The Kier molecular flexibility index (Phi) is 6.14. The van der Waals surface area contributed by atoms with Gasteiger partial charge in [0.15, 0.2) is 0 Å². The number of amides is 1. The molecule has 0 saturated carbocycles. The highest BCUT2D eigenvalue weighted by molar-refractivity contribution is 5.98. The van der Waals surface area contributed by atoms with Crippen molar-refractivity contribution >= 4 is 11.7 Å². The predicted octanol–water partition coefficient (Wildman–Crippen LogP) is 1.36. The second-order valence-corrected chi connectivity index (χ2v) is 3.93. The SMILES string of the molecule is CCCNc1ncccc1C(=O)N(CC)CCO. The predicted molar refractivity (Wildman–Crippen MR) is 71.7 cm³/mol. The van der Waals surface area contributed by atoms with Crippen LogP contribution in [0.4, 0.5) is 5.82 Å². The van der Waals surface area contributed by atoms with Crippen molar-refractivity contribution in [1.29, 1.82) is 0 Å². The van der Waals surface area contributed by atoms with Crippen LogP contribution in [-0.4, -0.2) is 47.1 Å². The molecule has 18 heavy (non-hydrogen) atoms. The number of nitrogens with zero attached hydrogens (tertiary/aromatic N) is 2. The van der Waals surface area contributed by atoms with Gasteiger partial charge in [0.05, 0.1) is 12.2 Å². The minimum atomic E-state index is -0.0988. The first-order chi connectivity index (χ1) is 8.74. The first-order valence-corrected chi connectivity index (χ1v) is 6.33. The number of anilines is 1. The molecule has 2 N–H and O–H groups in total. The molecule has 1 rings (SSSR count). The second kappa shape index (κ2) is 7.66. The molecular weight excluding hydrogens is 230 g/mol. The Bertz CT molecular complexity index is 382. The number of nitrogens with one attached hydrogen (secondary N) is 1. The number of rotatable bonds is 7. The van der Waals surface area contributed by atoms with E-state index in [2.05, 4.69) is 17.2 Å². The van der Waals surface area contributed by atoms with Crippen molar-refractivity contribution in [3.8, 4) is 0 Å². The van der Waals surface area contributed by atoms with Crippen molar-refractivity contribution in [2.45, 2.75) is 20.3 Å². The standard InChI is InChI=1S/C13H21N3O2/c1-3-7-14-12-11(6-5-8-15-12)13(18)16(4-2)9-10-17/h5-6,8,17H,3-4,7,9-10H2,1-2H3,(H,14,15). The van der Waals surface area contributed by atoms with E-state index in [1.807, 2.05) is 6.92 Å². The van der Waals surface area contributed by atoms with Crippen molar-refractivity contribution in [3.63, 3.8) is 0 Å². The van der Waals surface area contributed by atoms with E-state index in [-0.39, 0.29) is 12.5 Å². The molecule has 1 aromatic heterocycles. The zero-order valence-corrected chi connectivity index (χ0v) is 11.0. The number of carbonyl (C=O) groups excluding carboxylic acids is 1. The summed E-state index contributed by atoms with van der Waals surface area (Å²) in [5, 5.41) is 12.1. The van der Waals surface area contributed by atoms with Gasteiger partial charge in [0.2, 0.25) is 0 Å². The van der Waals surface area contributed by atoms with Crippen LogP contribution in [0.2, 0.25) is 0 Å². The number of aliphatic hydroxyl groups is 1. The fraction of sp³-hybridized carbons (Fsp3) is 0.538. The van der Waals surface area contributed by atoms with Gasteiger partial charge < -0.3 is 15.3 Å². The van der Waals surface area contributed by atoms with Crippen molar-refractivity contribution in [3.05, 3.63) is 23.9 Å². The summed E-state index contributed by atoms with van der Waals surface area (Å²) in [4.78, 5) is 18.1. The Morgan fingerprint density at radius 2 is 2.28 bits per heavy atom. The van der Waals surface area contributed by atoms with Gasteiger partial charge in [-0.05, 0) is 25.5 Å². The summed E-state index contributed by atoms with van der Waals surface area (Å²) >= 11 is 0. The van der Waals surface area contributed by atoms with E-state index in [0.717, 1.165) is 13.0 Å². The number of aromatic nitrogens is 1. The van der Waals surface area contributed by atoms with Crippen LogP contribution in [0.5, 0.6) is 0 Å². The minimum absolute atomic E-state index is 0.0302. The zero-order chi connectivity index (χ0) is 13.4. The number of carbonyl (C=O) groups is 1. The van der Waals surface area contributed by atoms with E-state index in [1.165, 1.54) is 0 Å². The monoisotopic (exact) mass is 251 g/mol. The molecule has 0 spiro atoms. The van der Waals surface area contributed by atoms with Crippen LogP contribution < -0.4 is 5.32 Å². The van der Waals surface area contributed by atoms with E-state index in [1.54, 1.807) is 23.2 Å². The molecular formula is C13H21N3O2. The molecule has 5 heteroatoms. The molecule has 0 atom stereocenters. The molecule has 1 heterocycles. The van der Waals surface area contributed by atoms with E-state index >= 15 is 0 Å². The molecule has 0 aliphatic rings. The Morgan fingerprint density at radius 1 is 1.50 bits per heavy atom. The lowest BCUT2D eigenvalue weighted by atomic mass is 10.2. The first-order valence-electron chi connectivity index (χ1n) is 6.33. The third kappa shape index (κ3) is 3.70. The summed E-state index contributed by atoms with van der Waals surface area (Å²) in [6, 6.07) is 3.50. The second-order valence-electron chi connectivity index (χ2n) is 3.93. The van der Waals surface area contributed by atoms with Gasteiger partial charge in [0.1, 0.15) is 5.82 Å². The molecule has 0 aliphatic heterocycles. The Balaban J connectivity index is 2.89. The normalized spacial score (nSPS) is 10.2. The van der Waals surface area contributed by atoms with Gasteiger partial charge in [0, 0.05) is 25.8 Å². The number of hydrogen-bond donors (Lipinski definition) is 2.